The molecule has 2 heteroatoms. The Hall–Kier alpha value is -2.74. The highest BCUT2D eigenvalue weighted by molar-refractivity contribution is 5.96. The zero-order valence-electron chi connectivity index (χ0n) is 10.8. The normalized spacial score (nSPS) is 13.8. The Labute approximate surface area is 116 Å². The molecule has 0 unspecified atom stereocenters. The molecule has 20 heavy (non-hydrogen) atoms. The molecule has 0 fully saturated rings. The number of hydrogen-bond donors (Lipinski definition) is 0. The molecule has 0 bridgehead atoms. The first-order valence-corrected chi connectivity index (χ1v) is 6.47. The van der Waals surface area contributed by atoms with Gasteiger partial charge in [0.15, 0.2) is 0 Å². The number of furan rings is 1. The smallest absolute Gasteiger partial charge is 0.146 e. The first kappa shape index (κ1) is 11.1. The molecule has 0 saturated heterocycles. The lowest BCUT2D eigenvalue weighted by Crippen LogP contribution is -2.03. The molecule has 1 aliphatic rings. The Kier molecular flexibility index (Phi) is 2.30. The van der Waals surface area contributed by atoms with Crippen LogP contribution in [0.15, 0.2) is 71.9 Å². The molecule has 0 N–H and O–H groups in total. The van der Waals surface area contributed by atoms with Gasteiger partial charge in [-0.25, -0.2) is 0 Å². The summed E-state index contributed by atoms with van der Waals surface area (Å²) in [5, 5.41) is 0.977. The number of benzene rings is 2. The second-order valence-electron chi connectivity index (χ2n) is 4.78. The van der Waals surface area contributed by atoms with Crippen LogP contribution in [0.5, 0.6) is 5.75 Å². The molecular formula is C18H12O2. The van der Waals surface area contributed by atoms with Gasteiger partial charge in [0.25, 0.3) is 0 Å². The SMILES string of the molecule is C=C1C=C(c2ccccc2)Oc2c1ccc1occc21. The van der Waals surface area contributed by atoms with Crippen LogP contribution in [0.1, 0.15) is 11.1 Å². The maximum absolute atomic E-state index is 6.10. The third-order valence-corrected chi connectivity index (χ3v) is 3.51. The predicted molar refractivity (Wildman–Crippen MR) is 80.3 cm³/mol. The average molecular weight is 260 g/mol. The summed E-state index contributed by atoms with van der Waals surface area (Å²) in [6.45, 7) is 4.14. The van der Waals surface area contributed by atoms with Crippen molar-refractivity contribution in [3.05, 3.63) is 78.6 Å². The Bertz CT molecular complexity index is 838. The summed E-state index contributed by atoms with van der Waals surface area (Å²) in [6, 6.07) is 15.9. The number of hydrogen-bond acceptors (Lipinski definition) is 2. The molecule has 0 spiro atoms. The van der Waals surface area contributed by atoms with Crippen LogP contribution in [0.25, 0.3) is 22.3 Å². The minimum atomic E-state index is 0.816. The molecule has 2 heterocycles. The Morgan fingerprint density at radius 3 is 2.60 bits per heavy atom. The minimum absolute atomic E-state index is 0.816. The van der Waals surface area contributed by atoms with Crippen LogP contribution >= 0.6 is 0 Å². The highest BCUT2D eigenvalue weighted by Gasteiger charge is 2.20. The van der Waals surface area contributed by atoms with E-state index in [1.807, 2.05) is 54.6 Å². The van der Waals surface area contributed by atoms with Gasteiger partial charge in [0.05, 0.1) is 11.6 Å². The van der Waals surface area contributed by atoms with Crippen LogP contribution in [0.2, 0.25) is 0 Å². The maximum Gasteiger partial charge on any atom is 0.146 e. The van der Waals surface area contributed by atoms with E-state index in [9.17, 15) is 0 Å². The van der Waals surface area contributed by atoms with Gasteiger partial charge < -0.3 is 9.15 Å². The van der Waals surface area contributed by atoms with Gasteiger partial charge in [0.1, 0.15) is 17.1 Å². The van der Waals surface area contributed by atoms with Gasteiger partial charge in [-0.1, -0.05) is 36.9 Å². The number of fused-ring (bicyclic) bond motifs is 3. The summed E-state index contributed by atoms with van der Waals surface area (Å²) in [6.07, 6.45) is 3.65. The molecule has 0 radical (unpaired) electrons. The number of allylic oxidation sites excluding steroid dienone is 2. The van der Waals surface area contributed by atoms with Crippen molar-refractivity contribution in [2.45, 2.75) is 0 Å². The second kappa shape index (κ2) is 4.14. The molecule has 2 aromatic carbocycles. The lowest BCUT2D eigenvalue weighted by molar-refractivity contribution is 0.515. The fraction of sp³-hybridized carbons (Fsp3) is 0. The fourth-order valence-electron chi connectivity index (χ4n) is 2.50. The lowest BCUT2D eigenvalue weighted by Gasteiger charge is -2.20. The summed E-state index contributed by atoms with van der Waals surface area (Å²) in [7, 11) is 0. The quantitative estimate of drug-likeness (QED) is 0.622. The summed E-state index contributed by atoms with van der Waals surface area (Å²) in [5.41, 5.74) is 3.83. The van der Waals surface area contributed by atoms with E-state index in [1.54, 1.807) is 6.26 Å². The zero-order chi connectivity index (χ0) is 13.5. The van der Waals surface area contributed by atoms with Crippen molar-refractivity contribution in [1.29, 1.82) is 0 Å². The van der Waals surface area contributed by atoms with E-state index < -0.39 is 0 Å². The van der Waals surface area contributed by atoms with E-state index in [0.717, 1.165) is 39.2 Å². The van der Waals surface area contributed by atoms with Crippen LogP contribution in [-0.2, 0) is 0 Å². The molecule has 4 rings (SSSR count). The molecule has 0 saturated carbocycles. The van der Waals surface area contributed by atoms with Gasteiger partial charge >= 0.3 is 0 Å². The van der Waals surface area contributed by atoms with E-state index in [4.69, 9.17) is 9.15 Å². The standard InChI is InChI=1S/C18H12O2/c1-12-11-17(13-5-3-2-4-6-13)20-18-14(12)7-8-16-15(18)9-10-19-16/h2-11H,1H2. The van der Waals surface area contributed by atoms with Crippen LogP contribution in [0.4, 0.5) is 0 Å². The van der Waals surface area contributed by atoms with Crippen molar-refractivity contribution in [2.75, 3.05) is 0 Å². The van der Waals surface area contributed by atoms with Gasteiger partial charge in [0.2, 0.25) is 0 Å². The molecule has 0 amide bonds. The third-order valence-electron chi connectivity index (χ3n) is 3.51. The van der Waals surface area contributed by atoms with Gasteiger partial charge in [-0.3, -0.25) is 0 Å². The average Bonchev–Trinajstić information content (AvgIpc) is 2.97. The van der Waals surface area contributed by atoms with E-state index in [2.05, 4.69) is 6.58 Å². The van der Waals surface area contributed by atoms with Crippen molar-refractivity contribution < 1.29 is 9.15 Å². The summed E-state index contributed by atoms with van der Waals surface area (Å²) >= 11 is 0. The number of ether oxygens (including phenoxy) is 1. The molecule has 1 aromatic heterocycles. The number of rotatable bonds is 1. The van der Waals surface area contributed by atoms with Crippen LogP contribution in [0, 0.1) is 0 Å². The maximum atomic E-state index is 6.10. The fourth-order valence-corrected chi connectivity index (χ4v) is 2.50. The van der Waals surface area contributed by atoms with Crippen LogP contribution < -0.4 is 4.74 Å². The van der Waals surface area contributed by atoms with Crippen LogP contribution in [-0.4, -0.2) is 0 Å². The first-order valence-electron chi connectivity index (χ1n) is 6.47. The monoisotopic (exact) mass is 260 g/mol. The molecular weight excluding hydrogens is 248 g/mol. The van der Waals surface area contributed by atoms with Crippen molar-refractivity contribution in [2.24, 2.45) is 0 Å². The molecule has 1 aliphatic heterocycles. The van der Waals surface area contributed by atoms with Gasteiger partial charge in [0, 0.05) is 11.1 Å². The van der Waals surface area contributed by atoms with E-state index >= 15 is 0 Å². The molecule has 2 nitrogen and oxygen atoms in total. The van der Waals surface area contributed by atoms with Gasteiger partial charge in [-0.2, -0.15) is 0 Å². The highest BCUT2D eigenvalue weighted by atomic mass is 16.5. The second-order valence-corrected chi connectivity index (χ2v) is 4.78. The molecule has 3 aromatic rings. The molecule has 96 valence electrons. The van der Waals surface area contributed by atoms with Crippen molar-refractivity contribution in [3.63, 3.8) is 0 Å². The van der Waals surface area contributed by atoms with Crippen molar-refractivity contribution in [1.82, 2.24) is 0 Å². The minimum Gasteiger partial charge on any atom is -0.464 e. The summed E-state index contributed by atoms with van der Waals surface area (Å²) in [5.74, 6) is 1.64. The van der Waals surface area contributed by atoms with Gasteiger partial charge in [-0.15, -0.1) is 0 Å². The van der Waals surface area contributed by atoms with Crippen molar-refractivity contribution in [3.8, 4) is 5.75 Å². The van der Waals surface area contributed by atoms with E-state index in [-0.39, 0.29) is 0 Å². The topological polar surface area (TPSA) is 22.4 Å². The lowest BCUT2D eigenvalue weighted by atomic mass is 9.99. The summed E-state index contributed by atoms with van der Waals surface area (Å²) < 4.78 is 11.5. The van der Waals surface area contributed by atoms with E-state index in [1.165, 1.54) is 0 Å². The first-order chi connectivity index (χ1) is 9.83. The summed E-state index contributed by atoms with van der Waals surface area (Å²) in [4.78, 5) is 0. The Morgan fingerprint density at radius 1 is 0.900 bits per heavy atom. The largest absolute Gasteiger partial charge is 0.464 e. The molecule has 0 aliphatic carbocycles. The zero-order valence-corrected chi connectivity index (χ0v) is 10.8. The third kappa shape index (κ3) is 1.58. The Balaban J connectivity index is 1.90. The van der Waals surface area contributed by atoms with Crippen molar-refractivity contribution >= 4 is 22.3 Å². The predicted octanol–water partition coefficient (Wildman–Crippen LogP) is 4.88. The van der Waals surface area contributed by atoms with Gasteiger partial charge in [-0.05, 0) is 29.8 Å². The highest BCUT2D eigenvalue weighted by Crippen LogP contribution is 2.41. The Morgan fingerprint density at radius 2 is 1.75 bits per heavy atom. The molecule has 0 atom stereocenters. The van der Waals surface area contributed by atoms with Crippen LogP contribution in [0.3, 0.4) is 0 Å². The van der Waals surface area contributed by atoms with E-state index in [0.29, 0.717) is 0 Å².